The lowest BCUT2D eigenvalue weighted by Gasteiger charge is -2.36. The SMILES string of the molecule is C[C@@H]1CCc2ncnc(N3CC4(CCNCC4)c4c(CNC5CCCC5)cccc43)c21. The fraction of sp³-hybridized carbons (Fsp3) is 0.615. The minimum Gasteiger partial charge on any atom is -0.325 e. The predicted octanol–water partition coefficient (Wildman–Crippen LogP) is 4.33. The molecule has 0 amide bonds. The van der Waals surface area contributed by atoms with Gasteiger partial charge in [0.1, 0.15) is 12.1 Å². The van der Waals surface area contributed by atoms with E-state index < -0.39 is 0 Å². The Bertz CT molecular complexity index is 958. The molecule has 0 bridgehead atoms. The smallest absolute Gasteiger partial charge is 0.140 e. The summed E-state index contributed by atoms with van der Waals surface area (Å²) in [6.07, 6.45) is 11.9. The molecule has 2 N–H and O–H groups in total. The lowest BCUT2D eigenvalue weighted by atomic mass is 9.73. The first-order chi connectivity index (χ1) is 15.3. The van der Waals surface area contributed by atoms with E-state index in [0.29, 0.717) is 12.0 Å². The molecule has 2 aromatic rings. The second-order valence-electron chi connectivity index (χ2n) is 10.3. The molecular formula is C26H35N5. The third-order valence-corrected chi connectivity index (χ3v) is 8.42. The Kier molecular flexibility index (Phi) is 4.99. The highest BCUT2D eigenvalue weighted by Gasteiger charge is 2.46. The van der Waals surface area contributed by atoms with Gasteiger partial charge in [0.2, 0.25) is 0 Å². The zero-order chi connectivity index (χ0) is 20.8. The molecule has 1 aromatic heterocycles. The number of rotatable bonds is 4. The number of aryl methyl sites for hydroxylation is 1. The summed E-state index contributed by atoms with van der Waals surface area (Å²) in [7, 11) is 0. The molecule has 2 fully saturated rings. The average molecular weight is 418 g/mol. The van der Waals surface area contributed by atoms with Crippen molar-refractivity contribution in [1.82, 2.24) is 20.6 Å². The molecule has 3 heterocycles. The molecule has 1 saturated heterocycles. The fourth-order valence-electron chi connectivity index (χ4n) is 6.76. The van der Waals surface area contributed by atoms with Gasteiger partial charge >= 0.3 is 0 Å². The number of nitrogens with one attached hydrogen (secondary N) is 2. The van der Waals surface area contributed by atoms with E-state index in [1.54, 1.807) is 11.9 Å². The Morgan fingerprint density at radius 2 is 1.97 bits per heavy atom. The minimum atomic E-state index is 0.230. The number of piperidine rings is 1. The Morgan fingerprint density at radius 1 is 1.13 bits per heavy atom. The van der Waals surface area contributed by atoms with Crippen LogP contribution in [-0.2, 0) is 18.4 Å². The maximum Gasteiger partial charge on any atom is 0.140 e. The van der Waals surface area contributed by atoms with Gasteiger partial charge in [-0.2, -0.15) is 0 Å². The third-order valence-electron chi connectivity index (χ3n) is 8.42. The maximum absolute atomic E-state index is 4.88. The number of hydrogen-bond acceptors (Lipinski definition) is 5. The molecule has 6 rings (SSSR count). The number of fused-ring (bicyclic) bond motifs is 3. The first kappa shape index (κ1) is 19.7. The van der Waals surface area contributed by atoms with Gasteiger partial charge in [0, 0.05) is 41.5 Å². The van der Waals surface area contributed by atoms with E-state index in [2.05, 4.69) is 45.6 Å². The zero-order valence-corrected chi connectivity index (χ0v) is 18.8. The van der Waals surface area contributed by atoms with Crippen molar-refractivity contribution >= 4 is 11.5 Å². The number of hydrogen-bond donors (Lipinski definition) is 2. The van der Waals surface area contributed by atoms with Crippen LogP contribution in [-0.4, -0.2) is 35.6 Å². The van der Waals surface area contributed by atoms with Crippen LogP contribution in [0.1, 0.15) is 80.2 Å². The second kappa shape index (κ2) is 7.86. The fourth-order valence-corrected chi connectivity index (χ4v) is 6.76. The van der Waals surface area contributed by atoms with E-state index in [4.69, 9.17) is 4.98 Å². The molecule has 1 spiro atoms. The summed E-state index contributed by atoms with van der Waals surface area (Å²) in [5, 5.41) is 7.50. The molecule has 1 saturated carbocycles. The summed E-state index contributed by atoms with van der Waals surface area (Å²) in [6.45, 7) is 6.61. The van der Waals surface area contributed by atoms with E-state index in [1.807, 2.05) is 0 Å². The van der Waals surface area contributed by atoms with Crippen molar-refractivity contribution in [1.29, 1.82) is 0 Å². The molecule has 0 unspecified atom stereocenters. The molecule has 31 heavy (non-hydrogen) atoms. The van der Waals surface area contributed by atoms with Crippen LogP contribution in [0.5, 0.6) is 0 Å². The van der Waals surface area contributed by atoms with Crippen molar-refractivity contribution in [3.05, 3.63) is 46.9 Å². The standard InChI is InChI=1S/C26H35N5/c1-18-9-10-21-23(18)25(30-17-29-21)31-16-26(11-13-27-14-12-26)24-19(5-4-8-22(24)31)15-28-20-6-2-3-7-20/h4-5,8,17-18,20,27-28H,2-3,6-7,9-16H2,1H3/t18-/m1/s1. The minimum absolute atomic E-state index is 0.230. The Balaban J connectivity index is 1.42. The normalized spacial score (nSPS) is 24.7. The van der Waals surface area contributed by atoms with Crippen molar-refractivity contribution < 1.29 is 0 Å². The molecule has 2 aliphatic heterocycles. The van der Waals surface area contributed by atoms with Crippen LogP contribution in [0.2, 0.25) is 0 Å². The van der Waals surface area contributed by atoms with Gasteiger partial charge in [0.05, 0.1) is 0 Å². The van der Waals surface area contributed by atoms with Gasteiger partial charge in [0.15, 0.2) is 0 Å². The Hall–Kier alpha value is -1.98. The molecule has 5 heteroatoms. The zero-order valence-electron chi connectivity index (χ0n) is 18.8. The van der Waals surface area contributed by atoms with Gasteiger partial charge in [-0.15, -0.1) is 0 Å². The van der Waals surface area contributed by atoms with E-state index in [0.717, 1.165) is 32.6 Å². The highest BCUT2D eigenvalue weighted by molar-refractivity contribution is 5.75. The van der Waals surface area contributed by atoms with Crippen molar-refractivity contribution in [3.63, 3.8) is 0 Å². The quantitative estimate of drug-likeness (QED) is 0.775. The van der Waals surface area contributed by atoms with Crippen molar-refractivity contribution in [2.75, 3.05) is 24.5 Å². The lowest BCUT2D eigenvalue weighted by Crippen LogP contribution is -2.43. The summed E-state index contributed by atoms with van der Waals surface area (Å²) in [4.78, 5) is 12.1. The highest BCUT2D eigenvalue weighted by atomic mass is 15.2. The van der Waals surface area contributed by atoms with Crippen LogP contribution in [0.15, 0.2) is 24.5 Å². The lowest BCUT2D eigenvalue weighted by molar-refractivity contribution is 0.326. The van der Waals surface area contributed by atoms with Crippen LogP contribution in [0.3, 0.4) is 0 Å². The third kappa shape index (κ3) is 3.28. The molecule has 2 aliphatic carbocycles. The van der Waals surface area contributed by atoms with E-state index >= 15 is 0 Å². The average Bonchev–Trinajstić information content (AvgIpc) is 3.53. The number of aromatic nitrogens is 2. The summed E-state index contributed by atoms with van der Waals surface area (Å²) in [5.74, 6) is 1.72. The van der Waals surface area contributed by atoms with E-state index in [9.17, 15) is 0 Å². The largest absolute Gasteiger partial charge is 0.325 e. The first-order valence-electron chi connectivity index (χ1n) is 12.4. The number of benzene rings is 1. The van der Waals surface area contributed by atoms with Gasteiger partial charge in [-0.25, -0.2) is 9.97 Å². The summed E-state index contributed by atoms with van der Waals surface area (Å²) >= 11 is 0. The number of nitrogens with zero attached hydrogens (tertiary/aromatic N) is 3. The monoisotopic (exact) mass is 417 g/mol. The van der Waals surface area contributed by atoms with Crippen molar-refractivity contribution in [2.24, 2.45) is 0 Å². The number of anilines is 2. The Morgan fingerprint density at radius 3 is 2.81 bits per heavy atom. The topological polar surface area (TPSA) is 53.1 Å². The first-order valence-corrected chi connectivity index (χ1v) is 12.4. The molecule has 5 nitrogen and oxygen atoms in total. The van der Waals surface area contributed by atoms with Gasteiger partial charge in [-0.1, -0.05) is 31.9 Å². The second-order valence-corrected chi connectivity index (χ2v) is 10.3. The van der Waals surface area contributed by atoms with Crippen LogP contribution < -0.4 is 15.5 Å². The molecule has 0 radical (unpaired) electrons. The molecular weight excluding hydrogens is 382 g/mol. The van der Waals surface area contributed by atoms with Crippen LogP contribution in [0, 0.1) is 0 Å². The highest BCUT2D eigenvalue weighted by Crippen LogP contribution is 2.52. The van der Waals surface area contributed by atoms with Gasteiger partial charge in [0.25, 0.3) is 0 Å². The maximum atomic E-state index is 4.88. The predicted molar refractivity (Wildman–Crippen MR) is 125 cm³/mol. The van der Waals surface area contributed by atoms with Crippen LogP contribution >= 0.6 is 0 Å². The van der Waals surface area contributed by atoms with E-state index in [1.165, 1.54) is 73.3 Å². The van der Waals surface area contributed by atoms with Gasteiger partial charge in [-0.05, 0) is 74.7 Å². The van der Waals surface area contributed by atoms with Gasteiger partial charge < -0.3 is 15.5 Å². The van der Waals surface area contributed by atoms with Crippen LogP contribution in [0.25, 0.3) is 0 Å². The van der Waals surface area contributed by atoms with Crippen molar-refractivity contribution in [3.8, 4) is 0 Å². The molecule has 1 aromatic carbocycles. The van der Waals surface area contributed by atoms with Crippen LogP contribution in [0.4, 0.5) is 11.5 Å². The summed E-state index contributed by atoms with van der Waals surface area (Å²) in [6, 6.07) is 7.69. The summed E-state index contributed by atoms with van der Waals surface area (Å²) < 4.78 is 0. The molecule has 4 aliphatic rings. The van der Waals surface area contributed by atoms with E-state index in [-0.39, 0.29) is 5.41 Å². The molecule has 164 valence electrons. The molecule has 1 atom stereocenters. The summed E-state index contributed by atoms with van der Waals surface area (Å²) in [5.41, 5.74) is 7.40. The van der Waals surface area contributed by atoms with Crippen molar-refractivity contribution in [2.45, 2.75) is 82.2 Å². The van der Waals surface area contributed by atoms with Gasteiger partial charge in [-0.3, -0.25) is 0 Å². The Labute approximate surface area is 186 Å².